The van der Waals surface area contributed by atoms with Crippen molar-refractivity contribution in [3.05, 3.63) is 64.9 Å². The Bertz CT molecular complexity index is 589. The lowest BCUT2D eigenvalue weighted by Gasteiger charge is -2.16. The Hall–Kier alpha value is -2.07. The molecule has 5 heteroatoms. The van der Waals surface area contributed by atoms with E-state index in [-0.39, 0.29) is 5.02 Å². The van der Waals surface area contributed by atoms with Crippen LogP contribution in [0.5, 0.6) is 0 Å². The summed E-state index contributed by atoms with van der Waals surface area (Å²) in [5.74, 6) is -1.63. The number of carboxylic acids is 1. The average molecular weight is 280 g/mol. The van der Waals surface area contributed by atoms with E-state index in [1.165, 1.54) is 18.2 Å². The Morgan fingerprint density at radius 2 is 1.89 bits per heavy atom. The number of aliphatic carboxylic acids is 1. The normalized spacial score (nSPS) is 11.9. The Morgan fingerprint density at radius 3 is 2.47 bits per heavy atom. The van der Waals surface area contributed by atoms with Crippen LogP contribution in [0.3, 0.4) is 0 Å². The molecular formula is C14H11ClFNO2. The first-order valence-electron chi connectivity index (χ1n) is 5.57. The number of carbonyl (C=O) groups is 1. The molecule has 2 aromatic rings. The van der Waals surface area contributed by atoms with Crippen LogP contribution in [0.2, 0.25) is 5.02 Å². The highest BCUT2D eigenvalue weighted by molar-refractivity contribution is 6.30. The molecule has 2 rings (SSSR count). The van der Waals surface area contributed by atoms with Gasteiger partial charge in [0.25, 0.3) is 0 Å². The molecule has 0 amide bonds. The van der Waals surface area contributed by atoms with Crippen LogP contribution in [0.25, 0.3) is 0 Å². The van der Waals surface area contributed by atoms with Crippen LogP contribution in [0.4, 0.5) is 10.1 Å². The molecule has 1 atom stereocenters. The summed E-state index contributed by atoms with van der Waals surface area (Å²) in [6.45, 7) is 0. The van der Waals surface area contributed by atoms with Crippen molar-refractivity contribution in [2.75, 3.05) is 5.32 Å². The summed E-state index contributed by atoms with van der Waals surface area (Å²) in [4.78, 5) is 11.3. The minimum Gasteiger partial charge on any atom is -0.479 e. The van der Waals surface area contributed by atoms with Crippen LogP contribution >= 0.6 is 11.6 Å². The molecule has 0 spiro atoms. The largest absolute Gasteiger partial charge is 0.479 e. The van der Waals surface area contributed by atoms with Crippen molar-refractivity contribution in [2.24, 2.45) is 0 Å². The number of carboxylic acid groups (broad SMARTS) is 1. The lowest BCUT2D eigenvalue weighted by Crippen LogP contribution is -2.20. The van der Waals surface area contributed by atoms with Crippen molar-refractivity contribution in [2.45, 2.75) is 6.04 Å². The molecule has 0 fully saturated rings. The average Bonchev–Trinajstić information content (AvgIpc) is 2.40. The molecule has 0 radical (unpaired) electrons. The smallest absolute Gasteiger partial charge is 0.330 e. The minimum absolute atomic E-state index is 0.00265. The second-order valence-electron chi connectivity index (χ2n) is 3.96. The van der Waals surface area contributed by atoms with E-state index in [2.05, 4.69) is 5.32 Å². The molecule has 0 aliphatic carbocycles. The highest BCUT2D eigenvalue weighted by atomic mass is 35.5. The second kappa shape index (κ2) is 5.71. The molecule has 1 unspecified atom stereocenters. The van der Waals surface area contributed by atoms with Crippen molar-refractivity contribution in [1.82, 2.24) is 0 Å². The van der Waals surface area contributed by atoms with Gasteiger partial charge in [-0.25, -0.2) is 9.18 Å². The first kappa shape index (κ1) is 13.4. The van der Waals surface area contributed by atoms with Gasteiger partial charge in [-0.05, 0) is 23.8 Å². The van der Waals surface area contributed by atoms with Crippen molar-refractivity contribution < 1.29 is 14.3 Å². The van der Waals surface area contributed by atoms with E-state index < -0.39 is 17.8 Å². The van der Waals surface area contributed by atoms with Gasteiger partial charge in [0.1, 0.15) is 5.82 Å². The molecular weight excluding hydrogens is 269 g/mol. The fourth-order valence-corrected chi connectivity index (χ4v) is 1.80. The molecule has 0 saturated heterocycles. The number of halogens is 2. The second-order valence-corrected chi connectivity index (χ2v) is 4.36. The maximum atomic E-state index is 13.3. The summed E-state index contributed by atoms with van der Waals surface area (Å²) in [5, 5.41) is 12.0. The first-order chi connectivity index (χ1) is 9.08. The highest BCUT2D eigenvalue weighted by Crippen LogP contribution is 2.23. The first-order valence-corrected chi connectivity index (χ1v) is 5.95. The summed E-state index contributed by atoms with van der Waals surface area (Å²) >= 11 is 5.58. The molecule has 19 heavy (non-hydrogen) atoms. The van der Waals surface area contributed by atoms with Crippen LogP contribution in [0, 0.1) is 5.82 Å². The van der Waals surface area contributed by atoms with E-state index in [0.29, 0.717) is 11.3 Å². The van der Waals surface area contributed by atoms with E-state index in [0.717, 1.165) is 0 Å². The van der Waals surface area contributed by atoms with Crippen LogP contribution in [-0.4, -0.2) is 11.1 Å². The fraction of sp³-hybridized carbons (Fsp3) is 0.0714. The van der Waals surface area contributed by atoms with Crippen LogP contribution < -0.4 is 5.32 Å². The zero-order valence-corrected chi connectivity index (χ0v) is 10.6. The standard InChI is InChI=1S/C14H11ClFNO2/c15-11-7-6-10(8-12(11)16)17-13(14(18)19)9-4-2-1-3-5-9/h1-8,13,17H,(H,18,19). The van der Waals surface area contributed by atoms with Crippen molar-refractivity contribution in [3.63, 3.8) is 0 Å². The maximum Gasteiger partial charge on any atom is 0.330 e. The zero-order chi connectivity index (χ0) is 13.8. The quantitative estimate of drug-likeness (QED) is 0.897. The van der Waals surface area contributed by atoms with Crippen LogP contribution in [-0.2, 0) is 4.79 Å². The van der Waals surface area contributed by atoms with E-state index in [1.54, 1.807) is 30.3 Å². The number of rotatable bonds is 4. The zero-order valence-electron chi connectivity index (χ0n) is 9.81. The third kappa shape index (κ3) is 3.23. The van der Waals surface area contributed by atoms with Crippen molar-refractivity contribution >= 4 is 23.3 Å². The monoisotopic (exact) mass is 279 g/mol. The van der Waals surface area contributed by atoms with E-state index >= 15 is 0 Å². The number of anilines is 1. The topological polar surface area (TPSA) is 49.3 Å². The van der Waals surface area contributed by atoms with Gasteiger partial charge < -0.3 is 10.4 Å². The van der Waals surface area contributed by atoms with Gasteiger partial charge in [-0.1, -0.05) is 41.9 Å². The lowest BCUT2D eigenvalue weighted by molar-refractivity contribution is -0.138. The van der Waals surface area contributed by atoms with Crippen LogP contribution in [0.1, 0.15) is 11.6 Å². The SMILES string of the molecule is O=C(O)C(Nc1ccc(Cl)c(F)c1)c1ccccc1. The molecule has 0 heterocycles. The van der Waals surface area contributed by atoms with Gasteiger partial charge in [0.05, 0.1) is 5.02 Å². The van der Waals surface area contributed by atoms with Gasteiger partial charge in [-0.15, -0.1) is 0 Å². The predicted octanol–water partition coefficient (Wildman–Crippen LogP) is 3.72. The molecule has 2 aromatic carbocycles. The summed E-state index contributed by atoms with van der Waals surface area (Å²) in [7, 11) is 0. The van der Waals surface area contributed by atoms with E-state index in [1.807, 2.05) is 0 Å². The van der Waals surface area contributed by atoms with Gasteiger partial charge >= 0.3 is 5.97 Å². The lowest BCUT2D eigenvalue weighted by atomic mass is 10.1. The Kier molecular flexibility index (Phi) is 4.02. The molecule has 0 aliphatic rings. The summed E-state index contributed by atoms with van der Waals surface area (Å²) in [5.41, 5.74) is 0.948. The summed E-state index contributed by atoms with van der Waals surface area (Å²) < 4.78 is 13.3. The number of hydrogen-bond donors (Lipinski definition) is 2. The van der Waals surface area contributed by atoms with Gasteiger partial charge in [-0.2, -0.15) is 0 Å². The number of benzene rings is 2. The molecule has 0 aliphatic heterocycles. The molecule has 3 nitrogen and oxygen atoms in total. The maximum absolute atomic E-state index is 13.3. The van der Waals surface area contributed by atoms with Gasteiger partial charge in [0, 0.05) is 5.69 Å². The predicted molar refractivity (Wildman–Crippen MR) is 71.9 cm³/mol. The van der Waals surface area contributed by atoms with Gasteiger partial charge in [0.15, 0.2) is 6.04 Å². The number of hydrogen-bond acceptors (Lipinski definition) is 2. The molecule has 0 aromatic heterocycles. The highest BCUT2D eigenvalue weighted by Gasteiger charge is 2.19. The number of nitrogens with one attached hydrogen (secondary N) is 1. The van der Waals surface area contributed by atoms with Crippen LogP contribution in [0.15, 0.2) is 48.5 Å². The van der Waals surface area contributed by atoms with Crippen molar-refractivity contribution in [3.8, 4) is 0 Å². The van der Waals surface area contributed by atoms with E-state index in [4.69, 9.17) is 11.6 Å². The van der Waals surface area contributed by atoms with Gasteiger partial charge in [0.2, 0.25) is 0 Å². The van der Waals surface area contributed by atoms with Crippen molar-refractivity contribution in [1.29, 1.82) is 0 Å². The molecule has 0 saturated carbocycles. The fourth-order valence-electron chi connectivity index (χ4n) is 1.69. The summed E-state index contributed by atoms with van der Waals surface area (Å²) in [6, 6.07) is 11.8. The van der Waals surface area contributed by atoms with Gasteiger partial charge in [-0.3, -0.25) is 0 Å². The molecule has 0 bridgehead atoms. The molecule has 98 valence electrons. The van der Waals surface area contributed by atoms with E-state index in [9.17, 15) is 14.3 Å². The Balaban J connectivity index is 2.27. The Morgan fingerprint density at radius 1 is 1.21 bits per heavy atom. The third-order valence-electron chi connectivity index (χ3n) is 2.61. The Labute approximate surface area is 114 Å². The minimum atomic E-state index is -1.04. The third-order valence-corrected chi connectivity index (χ3v) is 2.92. The summed E-state index contributed by atoms with van der Waals surface area (Å²) in [6.07, 6.45) is 0. The molecule has 2 N–H and O–H groups in total.